The van der Waals surface area contributed by atoms with Crippen molar-refractivity contribution in [3.63, 3.8) is 0 Å². The summed E-state index contributed by atoms with van der Waals surface area (Å²) in [7, 11) is 0. The highest BCUT2D eigenvalue weighted by atomic mass is 35.5. The molecule has 0 aromatic carbocycles. The fraction of sp³-hybridized carbons (Fsp3) is 0.500. The Kier molecular flexibility index (Phi) is 3.21. The van der Waals surface area contributed by atoms with Crippen LogP contribution in [0, 0.1) is 0 Å². The topological polar surface area (TPSA) is 97.0 Å². The number of halogens is 1. The molecule has 1 atom stereocenters. The maximum Gasteiger partial charge on any atom is 0.229 e. The van der Waals surface area contributed by atoms with Gasteiger partial charge in [0.2, 0.25) is 17.2 Å². The minimum absolute atomic E-state index is 0.0246. The largest absolute Gasteiger partial charge is 0.394 e. The summed E-state index contributed by atoms with van der Waals surface area (Å²) in [6.45, 7) is 1.75. The molecule has 1 aromatic heterocycles. The second-order valence-corrected chi connectivity index (χ2v) is 2.85. The summed E-state index contributed by atoms with van der Waals surface area (Å²) in [5.41, 5.74) is 5.33. The van der Waals surface area contributed by atoms with Crippen LogP contribution in [0.5, 0.6) is 0 Å². The minimum Gasteiger partial charge on any atom is -0.394 e. The van der Waals surface area contributed by atoms with Crippen LogP contribution in [-0.2, 0) is 0 Å². The summed E-state index contributed by atoms with van der Waals surface area (Å²) in [6.07, 6.45) is 0. The van der Waals surface area contributed by atoms with Crippen LogP contribution in [0.3, 0.4) is 0 Å². The number of rotatable bonds is 3. The van der Waals surface area contributed by atoms with Crippen LogP contribution in [0.2, 0.25) is 5.28 Å². The van der Waals surface area contributed by atoms with Gasteiger partial charge >= 0.3 is 0 Å². The monoisotopic (exact) mass is 203 g/mol. The Bertz CT molecular complexity index is 274. The molecule has 0 aliphatic carbocycles. The molecule has 0 radical (unpaired) electrons. The summed E-state index contributed by atoms with van der Waals surface area (Å²) in [5.74, 6) is 0.312. The predicted molar refractivity (Wildman–Crippen MR) is 49.4 cm³/mol. The van der Waals surface area contributed by atoms with E-state index in [1.165, 1.54) is 0 Å². The highest BCUT2D eigenvalue weighted by Gasteiger charge is 2.04. The van der Waals surface area contributed by atoms with E-state index in [1.54, 1.807) is 6.92 Å². The van der Waals surface area contributed by atoms with Gasteiger partial charge in [0.1, 0.15) is 0 Å². The van der Waals surface area contributed by atoms with Gasteiger partial charge < -0.3 is 16.2 Å². The van der Waals surface area contributed by atoms with Crippen molar-refractivity contribution >= 4 is 23.5 Å². The maximum absolute atomic E-state index is 8.74. The molecule has 0 aliphatic heterocycles. The predicted octanol–water partition coefficient (Wildman–Crippen LogP) is -0.100. The Labute approximate surface area is 80.2 Å². The first-order chi connectivity index (χ1) is 6.11. The minimum atomic E-state index is -0.155. The molecule has 0 saturated heterocycles. The van der Waals surface area contributed by atoms with Gasteiger partial charge in [0.15, 0.2) is 0 Å². The van der Waals surface area contributed by atoms with Gasteiger partial charge in [0, 0.05) is 6.04 Å². The molecule has 0 saturated carbocycles. The van der Waals surface area contributed by atoms with Crippen LogP contribution in [-0.4, -0.2) is 32.7 Å². The molecule has 7 heteroatoms. The van der Waals surface area contributed by atoms with E-state index in [-0.39, 0.29) is 29.8 Å². The average molecular weight is 204 g/mol. The summed E-state index contributed by atoms with van der Waals surface area (Å²) < 4.78 is 0. The highest BCUT2D eigenvalue weighted by molar-refractivity contribution is 6.28. The molecule has 0 aliphatic rings. The number of nitrogens with zero attached hydrogens (tertiary/aromatic N) is 3. The molecule has 1 rings (SSSR count). The summed E-state index contributed by atoms with van der Waals surface area (Å²) in [5, 5.41) is 11.6. The Morgan fingerprint density at radius 1 is 1.54 bits per heavy atom. The lowest BCUT2D eigenvalue weighted by Crippen LogP contribution is -2.21. The van der Waals surface area contributed by atoms with Crippen molar-refractivity contribution < 1.29 is 5.11 Å². The van der Waals surface area contributed by atoms with Gasteiger partial charge in [0.05, 0.1) is 6.61 Å². The lowest BCUT2D eigenvalue weighted by molar-refractivity contribution is 0.281. The van der Waals surface area contributed by atoms with E-state index in [4.69, 9.17) is 22.4 Å². The van der Waals surface area contributed by atoms with Crippen molar-refractivity contribution in [2.45, 2.75) is 13.0 Å². The number of hydrogen-bond acceptors (Lipinski definition) is 6. The van der Waals surface area contributed by atoms with Crippen LogP contribution in [0.25, 0.3) is 0 Å². The van der Waals surface area contributed by atoms with Crippen LogP contribution >= 0.6 is 11.6 Å². The van der Waals surface area contributed by atoms with Gasteiger partial charge in [0.25, 0.3) is 0 Å². The van der Waals surface area contributed by atoms with Gasteiger partial charge in [-0.2, -0.15) is 15.0 Å². The Morgan fingerprint density at radius 2 is 2.23 bits per heavy atom. The number of aliphatic hydroxyl groups excluding tert-OH is 1. The number of nitrogen functional groups attached to an aromatic ring is 1. The third kappa shape index (κ3) is 3.00. The number of anilines is 2. The van der Waals surface area contributed by atoms with Crippen LogP contribution in [0.4, 0.5) is 11.9 Å². The molecule has 0 fully saturated rings. The van der Waals surface area contributed by atoms with E-state index in [0.717, 1.165) is 0 Å². The molecule has 0 spiro atoms. The fourth-order valence-corrected chi connectivity index (χ4v) is 0.863. The Hall–Kier alpha value is -1.14. The van der Waals surface area contributed by atoms with Crippen molar-refractivity contribution in [2.75, 3.05) is 17.7 Å². The quantitative estimate of drug-likeness (QED) is 0.635. The highest BCUT2D eigenvalue weighted by Crippen LogP contribution is 2.07. The average Bonchev–Trinajstić information content (AvgIpc) is 2.02. The zero-order chi connectivity index (χ0) is 9.84. The third-order valence-corrected chi connectivity index (χ3v) is 1.44. The summed E-state index contributed by atoms with van der Waals surface area (Å²) >= 11 is 5.53. The third-order valence-electron chi connectivity index (χ3n) is 1.27. The number of nitrogens with one attached hydrogen (secondary N) is 1. The van der Waals surface area contributed by atoms with E-state index in [1.807, 2.05) is 0 Å². The van der Waals surface area contributed by atoms with Crippen molar-refractivity contribution in [2.24, 2.45) is 0 Å². The molecule has 1 unspecified atom stereocenters. The Balaban J connectivity index is 2.77. The van der Waals surface area contributed by atoms with E-state index < -0.39 is 0 Å². The standard InChI is InChI=1S/C6H10ClN5O/c1-3(2-13)9-6-11-4(7)10-5(8)12-6/h3,13H,2H2,1H3,(H3,8,9,10,11,12). The van der Waals surface area contributed by atoms with E-state index >= 15 is 0 Å². The second kappa shape index (κ2) is 4.20. The first kappa shape index (κ1) is 9.94. The molecule has 1 aromatic rings. The van der Waals surface area contributed by atoms with Gasteiger partial charge in [-0.25, -0.2) is 0 Å². The first-order valence-electron chi connectivity index (χ1n) is 3.66. The number of nitrogens with two attached hydrogens (primary N) is 1. The lowest BCUT2D eigenvalue weighted by Gasteiger charge is -2.09. The molecule has 0 amide bonds. The maximum atomic E-state index is 8.74. The van der Waals surface area contributed by atoms with Gasteiger partial charge in [-0.3, -0.25) is 0 Å². The molecule has 72 valence electrons. The van der Waals surface area contributed by atoms with E-state index in [2.05, 4.69) is 20.3 Å². The number of hydrogen-bond donors (Lipinski definition) is 3. The van der Waals surface area contributed by atoms with Crippen molar-refractivity contribution in [1.82, 2.24) is 15.0 Å². The summed E-state index contributed by atoms with van der Waals surface area (Å²) in [4.78, 5) is 11.1. The molecule has 0 bridgehead atoms. The van der Waals surface area contributed by atoms with Gasteiger partial charge in [-0.05, 0) is 18.5 Å². The molecule has 4 N–H and O–H groups in total. The van der Waals surface area contributed by atoms with Crippen LogP contribution in [0.1, 0.15) is 6.92 Å². The van der Waals surface area contributed by atoms with Crippen molar-refractivity contribution in [3.05, 3.63) is 5.28 Å². The van der Waals surface area contributed by atoms with E-state index in [9.17, 15) is 0 Å². The van der Waals surface area contributed by atoms with Crippen LogP contribution in [0.15, 0.2) is 0 Å². The molecular formula is C6H10ClN5O. The molecule has 6 nitrogen and oxygen atoms in total. The van der Waals surface area contributed by atoms with E-state index in [0.29, 0.717) is 0 Å². The SMILES string of the molecule is CC(CO)Nc1nc(N)nc(Cl)n1. The summed E-state index contributed by atoms with van der Waals surface area (Å²) in [6, 6.07) is -0.155. The Morgan fingerprint density at radius 3 is 2.77 bits per heavy atom. The normalized spacial score (nSPS) is 12.5. The van der Waals surface area contributed by atoms with Crippen LogP contribution < -0.4 is 11.1 Å². The zero-order valence-corrected chi connectivity index (χ0v) is 7.78. The number of aromatic nitrogens is 3. The molecule has 13 heavy (non-hydrogen) atoms. The fourth-order valence-electron chi connectivity index (χ4n) is 0.696. The van der Waals surface area contributed by atoms with Gasteiger partial charge in [-0.1, -0.05) is 0 Å². The first-order valence-corrected chi connectivity index (χ1v) is 4.04. The van der Waals surface area contributed by atoms with Crippen molar-refractivity contribution in [1.29, 1.82) is 0 Å². The van der Waals surface area contributed by atoms with Crippen molar-refractivity contribution in [3.8, 4) is 0 Å². The molecular weight excluding hydrogens is 194 g/mol. The molecule has 1 heterocycles. The second-order valence-electron chi connectivity index (χ2n) is 2.51. The zero-order valence-electron chi connectivity index (χ0n) is 7.03. The lowest BCUT2D eigenvalue weighted by atomic mass is 10.4. The smallest absolute Gasteiger partial charge is 0.229 e. The number of aliphatic hydroxyl groups is 1. The van der Waals surface area contributed by atoms with Gasteiger partial charge in [-0.15, -0.1) is 0 Å².